The highest BCUT2D eigenvalue weighted by molar-refractivity contribution is 7.92. The van der Waals surface area contributed by atoms with Crippen molar-refractivity contribution in [2.45, 2.75) is 4.90 Å². The number of hydrogen-bond donors (Lipinski definition) is 1. The quantitative estimate of drug-likeness (QED) is 0.455. The number of hydrogen-bond acceptors (Lipinski definition) is 7. The van der Waals surface area contributed by atoms with Crippen LogP contribution in [-0.2, 0) is 17.1 Å². The Kier molecular flexibility index (Phi) is 5.77. The van der Waals surface area contributed by atoms with Crippen molar-refractivity contribution < 1.29 is 13.2 Å². The first-order valence-corrected chi connectivity index (χ1v) is 11.0. The van der Waals surface area contributed by atoms with Crippen LogP contribution in [0.1, 0.15) is 5.56 Å². The van der Waals surface area contributed by atoms with Crippen molar-refractivity contribution in [1.82, 2.24) is 19.7 Å². The number of anilines is 1. The number of halogens is 1. The summed E-state index contributed by atoms with van der Waals surface area (Å²) in [5, 5.41) is 14.3. The highest BCUT2D eigenvalue weighted by Gasteiger charge is 2.19. The second-order valence-corrected chi connectivity index (χ2v) is 8.65. The van der Waals surface area contributed by atoms with Gasteiger partial charge in [0, 0.05) is 36.2 Å². The van der Waals surface area contributed by atoms with Gasteiger partial charge >= 0.3 is 0 Å². The van der Waals surface area contributed by atoms with E-state index in [0.717, 1.165) is 5.69 Å². The SMILES string of the molecule is Cn1nccc1-c1cc(Cl)ccc1Oc1ccc(S(=O)(=O)Nc2ncccn2)cc1C#N. The molecule has 9 nitrogen and oxygen atoms in total. The van der Waals surface area contributed by atoms with Gasteiger partial charge in [-0.3, -0.25) is 4.68 Å². The van der Waals surface area contributed by atoms with E-state index in [0.29, 0.717) is 16.3 Å². The van der Waals surface area contributed by atoms with Crippen molar-refractivity contribution in [2.75, 3.05) is 4.72 Å². The number of benzene rings is 2. The summed E-state index contributed by atoms with van der Waals surface area (Å²) in [6, 6.07) is 14.4. The summed E-state index contributed by atoms with van der Waals surface area (Å²) in [4.78, 5) is 7.56. The Balaban J connectivity index is 1.69. The molecule has 0 fully saturated rings. The molecule has 2 aromatic heterocycles. The molecule has 0 bridgehead atoms. The molecule has 4 rings (SSSR count). The molecule has 0 radical (unpaired) electrons. The van der Waals surface area contributed by atoms with Crippen LogP contribution >= 0.6 is 11.6 Å². The minimum Gasteiger partial charge on any atom is -0.455 e. The highest BCUT2D eigenvalue weighted by atomic mass is 35.5. The van der Waals surface area contributed by atoms with E-state index in [1.807, 2.05) is 6.07 Å². The third-order valence-corrected chi connectivity index (χ3v) is 5.99. The predicted molar refractivity (Wildman–Crippen MR) is 118 cm³/mol. The summed E-state index contributed by atoms with van der Waals surface area (Å²) in [7, 11) is -2.22. The lowest BCUT2D eigenvalue weighted by Gasteiger charge is -2.14. The molecule has 11 heteroatoms. The van der Waals surface area contributed by atoms with Gasteiger partial charge in [-0.05, 0) is 48.5 Å². The molecule has 0 aliphatic carbocycles. The van der Waals surface area contributed by atoms with E-state index in [1.54, 1.807) is 48.3 Å². The zero-order valence-corrected chi connectivity index (χ0v) is 18.2. The van der Waals surface area contributed by atoms with E-state index >= 15 is 0 Å². The molecule has 2 heterocycles. The van der Waals surface area contributed by atoms with Crippen LogP contribution in [0, 0.1) is 11.3 Å². The van der Waals surface area contributed by atoms with E-state index in [2.05, 4.69) is 19.8 Å². The van der Waals surface area contributed by atoms with Crippen LogP contribution in [0.3, 0.4) is 0 Å². The van der Waals surface area contributed by atoms with Crippen molar-refractivity contribution in [3.8, 4) is 28.8 Å². The van der Waals surface area contributed by atoms with Gasteiger partial charge in [-0.25, -0.2) is 23.1 Å². The second kappa shape index (κ2) is 8.66. The topological polar surface area (TPSA) is 123 Å². The van der Waals surface area contributed by atoms with Crippen molar-refractivity contribution in [2.24, 2.45) is 7.05 Å². The van der Waals surface area contributed by atoms with Gasteiger partial charge in [0.15, 0.2) is 0 Å². The first-order chi connectivity index (χ1) is 15.4. The third kappa shape index (κ3) is 4.39. The molecular formula is C21H15ClN6O3S. The molecule has 32 heavy (non-hydrogen) atoms. The van der Waals surface area contributed by atoms with Crippen molar-refractivity contribution >= 4 is 27.6 Å². The summed E-state index contributed by atoms with van der Waals surface area (Å²) in [6.45, 7) is 0. The van der Waals surface area contributed by atoms with Crippen LogP contribution in [0.2, 0.25) is 5.02 Å². The van der Waals surface area contributed by atoms with Crippen LogP contribution in [-0.4, -0.2) is 28.2 Å². The Morgan fingerprint density at radius 1 is 1.06 bits per heavy atom. The smallest absolute Gasteiger partial charge is 0.264 e. The fraction of sp³-hybridized carbons (Fsp3) is 0.0476. The normalized spacial score (nSPS) is 11.0. The van der Waals surface area contributed by atoms with Gasteiger partial charge in [-0.1, -0.05) is 11.6 Å². The molecular weight excluding hydrogens is 452 g/mol. The second-order valence-electron chi connectivity index (χ2n) is 6.53. The Morgan fingerprint density at radius 3 is 2.50 bits per heavy atom. The van der Waals surface area contributed by atoms with E-state index < -0.39 is 10.0 Å². The molecule has 0 unspecified atom stereocenters. The van der Waals surface area contributed by atoms with Crippen LogP contribution in [0.4, 0.5) is 5.95 Å². The molecule has 0 atom stereocenters. The monoisotopic (exact) mass is 466 g/mol. The number of sulfonamides is 1. The van der Waals surface area contributed by atoms with Gasteiger partial charge in [-0.2, -0.15) is 10.4 Å². The lowest BCUT2D eigenvalue weighted by atomic mass is 10.1. The fourth-order valence-corrected chi connectivity index (χ4v) is 4.09. The van der Waals surface area contributed by atoms with Gasteiger partial charge in [0.25, 0.3) is 10.0 Å². The first kappa shape index (κ1) is 21.3. The summed E-state index contributed by atoms with van der Waals surface area (Å²) in [6.07, 6.45) is 4.47. The summed E-state index contributed by atoms with van der Waals surface area (Å²) >= 11 is 6.16. The fourth-order valence-electron chi connectivity index (χ4n) is 2.93. The Bertz CT molecular complexity index is 1430. The molecule has 0 aliphatic heterocycles. The van der Waals surface area contributed by atoms with Crippen LogP contribution in [0.25, 0.3) is 11.3 Å². The maximum Gasteiger partial charge on any atom is 0.264 e. The Hall–Kier alpha value is -3.94. The molecule has 0 amide bonds. The largest absolute Gasteiger partial charge is 0.455 e. The number of nitrogens with zero attached hydrogens (tertiary/aromatic N) is 5. The first-order valence-electron chi connectivity index (χ1n) is 9.17. The average Bonchev–Trinajstić information content (AvgIpc) is 3.21. The number of aromatic nitrogens is 4. The predicted octanol–water partition coefficient (Wildman–Crippen LogP) is 4.00. The van der Waals surface area contributed by atoms with E-state index in [-0.39, 0.29) is 22.2 Å². The van der Waals surface area contributed by atoms with Gasteiger partial charge in [-0.15, -0.1) is 0 Å². The average molecular weight is 467 g/mol. The molecule has 0 saturated heterocycles. The Morgan fingerprint density at radius 2 is 1.81 bits per heavy atom. The van der Waals surface area contributed by atoms with Crippen LogP contribution in [0.15, 0.2) is 72.0 Å². The lowest BCUT2D eigenvalue weighted by Crippen LogP contribution is -2.15. The third-order valence-electron chi connectivity index (χ3n) is 4.43. The summed E-state index contributed by atoms with van der Waals surface area (Å²) < 4.78 is 35.2. The molecule has 2 aromatic carbocycles. The number of nitriles is 1. The number of ether oxygens (including phenoxy) is 1. The van der Waals surface area contributed by atoms with E-state index in [1.165, 1.54) is 30.6 Å². The summed E-state index contributed by atoms with van der Waals surface area (Å²) in [5.74, 6) is 0.544. The molecule has 4 aromatic rings. The minimum absolute atomic E-state index is 0.0350. The van der Waals surface area contributed by atoms with Crippen LogP contribution < -0.4 is 9.46 Å². The maximum absolute atomic E-state index is 12.7. The van der Waals surface area contributed by atoms with Gasteiger partial charge in [0.05, 0.1) is 16.2 Å². The van der Waals surface area contributed by atoms with Gasteiger partial charge in [0.1, 0.15) is 17.6 Å². The zero-order chi connectivity index (χ0) is 22.7. The standard InChI is InChI=1S/C21H15ClN6O3S/c1-28-18(7-10-26-28)17-12-15(22)3-5-20(17)31-19-6-4-16(11-14(19)13-23)32(29,30)27-21-24-8-2-9-25-21/h2-12H,1H3,(H,24,25,27). The molecule has 0 spiro atoms. The highest BCUT2D eigenvalue weighted by Crippen LogP contribution is 2.36. The molecule has 0 aliphatic rings. The van der Waals surface area contributed by atoms with Crippen molar-refractivity contribution in [1.29, 1.82) is 5.26 Å². The lowest BCUT2D eigenvalue weighted by molar-refractivity contribution is 0.481. The molecule has 160 valence electrons. The maximum atomic E-state index is 12.7. The van der Waals surface area contributed by atoms with E-state index in [4.69, 9.17) is 16.3 Å². The van der Waals surface area contributed by atoms with Crippen LogP contribution in [0.5, 0.6) is 11.5 Å². The van der Waals surface area contributed by atoms with Crippen molar-refractivity contribution in [3.63, 3.8) is 0 Å². The number of nitrogens with one attached hydrogen (secondary N) is 1. The molecule has 0 saturated carbocycles. The van der Waals surface area contributed by atoms with Gasteiger partial charge < -0.3 is 4.74 Å². The summed E-state index contributed by atoms with van der Waals surface area (Å²) in [5.41, 5.74) is 1.46. The minimum atomic E-state index is -4.00. The number of aryl methyl sites for hydroxylation is 1. The van der Waals surface area contributed by atoms with Crippen molar-refractivity contribution in [3.05, 3.63) is 77.7 Å². The van der Waals surface area contributed by atoms with Gasteiger partial charge in [0.2, 0.25) is 5.95 Å². The number of rotatable bonds is 6. The Labute approximate surface area is 188 Å². The zero-order valence-electron chi connectivity index (χ0n) is 16.6. The van der Waals surface area contributed by atoms with E-state index in [9.17, 15) is 13.7 Å². The molecule has 1 N–H and O–H groups in total.